The molecule has 1 amide bonds. The van der Waals surface area contributed by atoms with Gasteiger partial charge in [-0.25, -0.2) is 0 Å². The fourth-order valence-electron chi connectivity index (χ4n) is 1.73. The maximum atomic E-state index is 12.0. The van der Waals surface area contributed by atoms with Gasteiger partial charge >= 0.3 is 0 Å². The Morgan fingerprint density at radius 1 is 1.59 bits per heavy atom. The predicted octanol–water partition coefficient (Wildman–Crippen LogP) is 0.299. The first-order chi connectivity index (χ1) is 8.20. The second-order valence-corrected chi connectivity index (χ2v) is 4.90. The molecule has 1 aliphatic rings. The highest BCUT2D eigenvalue weighted by Crippen LogP contribution is 2.20. The highest BCUT2D eigenvalue weighted by molar-refractivity contribution is 7.14. The van der Waals surface area contributed by atoms with Crippen molar-refractivity contribution in [1.29, 1.82) is 0 Å². The van der Waals surface area contributed by atoms with Crippen molar-refractivity contribution in [2.75, 3.05) is 19.7 Å². The molecule has 2 rings (SSSR count). The van der Waals surface area contributed by atoms with Crippen LogP contribution in [0.15, 0.2) is 12.1 Å². The molecule has 0 spiro atoms. The number of nitrogens with zero attached hydrogens (tertiary/aromatic N) is 1. The maximum Gasteiger partial charge on any atom is 0.264 e. The first-order valence-corrected chi connectivity index (χ1v) is 6.19. The van der Waals surface area contributed by atoms with Crippen LogP contribution in [0.1, 0.15) is 21.0 Å². The van der Waals surface area contributed by atoms with Crippen LogP contribution in [-0.2, 0) is 0 Å². The van der Waals surface area contributed by atoms with Crippen molar-refractivity contribution in [3.05, 3.63) is 21.9 Å². The Morgan fingerprint density at radius 3 is 3.06 bits per heavy atom. The van der Waals surface area contributed by atoms with Crippen molar-refractivity contribution in [1.82, 2.24) is 4.90 Å². The van der Waals surface area contributed by atoms with Gasteiger partial charge in [0.05, 0.1) is 15.9 Å². The molecule has 4 nitrogen and oxygen atoms in total. The van der Waals surface area contributed by atoms with Gasteiger partial charge in [0.1, 0.15) is 6.61 Å². The average molecular weight is 251 g/mol. The molecule has 1 saturated heterocycles. The molecule has 1 fully saturated rings. The third kappa shape index (κ3) is 2.86. The normalized spacial score (nSPS) is 18.9. The van der Waals surface area contributed by atoms with Gasteiger partial charge < -0.3 is 15.1 Å². The summed E-state index contributed by atoms with van der Waals surface area (Å²) in [4.78, 5) is 15.1. The summed E-state index contributed by atoms with van der Waals surface area (Å²) in [5.41, 5.74) is 0. The van der Waals surface area contributed by atoms with E-state index in [0.717, 1.165) is 4.88 Å². The van der Waals surface area contributed by atoms with E-state index in [1.807, 2.05) is 0 Å². The number of rotatable bonds is 1. The molecule has 1 aromatic heterocycles. The topological polar surface area (TPSA) is 60.8 Å². The molecular formula is C12H13NO3S. The Kier molecular flexibility index (Phi) is 3.79. The van der Waals surface area contributed by atoms with E-state index in [1.54, 1.807) is 17.0 Å². The van der Waals surface area contributed by atoms with E-state index in [9.17, 15) is 9.90 Å². The van der Waals surface area contributed by atoms with E-state index in [4.69, 9.17) is 5.11 Å². The lowest BCUT2D eigenvalue weighted by molar-refractivity contribution is 0.0769. The Balaban J connectivity index is 2.07. The number of hydrogen-bond acceptors (Lipinski definition) is 4. The lowest BCUT2D eigenvalue weighted by Crippen LogP contribution is -2.28. The van der Waals surface area contributed by atoms with Gasteiger partial charge in [0, 0.05) is 13.1 Å². The van der Waals surface area contributed by atoms with Gasteiger partial charge in [0.25, 0.3) is 5.91 Å². The number of hydrogen-bond donors (Lipinski definition) is 2. The first-order valence-electron chi connectivity index (χ1n) is 5.37. The minimum atomic E-state index is -0.396. The molecule has 2 heterocycles. The van der Waals surface area contributed by atoms with Crippen LogP contribution in [0.4, 0.5) is 0 Å². The zero-order valence-corrected chi connectivity index (χ0v) is 10.0. The summed E-state index contributed by atoms with van der Waals surface area (Å²) < 4.78 is 0. The summed E-state index contributed by atoms with van der Waals surface area (Å²) in [5.74, 6) is 5.26. The number of amides is 1. The number of aliphatic hydroxyl groups excluding tert-OH is 2. The number of carbonyl (C=O) groups excluding carboxylic acids is 1. The molecule has 1 unspecified atom stereocenters. The molecule has 17 heavy (non-hydrogen) atoms. The van der Waals surface area contributed by atoms with Crippen LogP contribution in [0.2, 0.25) is 0 Å². The van der Waals surface area contributed by atoms with Crippen molar-refractivity contribution in [3.8, 4) is 11.8 Å². The lowest BCUT2D eigenvalue weighted by Gasteiger charge is -2.13. The molecule has 0 bridgehead atoms. The Labute approximate surface area is 103 Å². The van der Waals surface area contributed by atoms with Crippen LogP contribution in [0.5, 0.6) is 0 Å². The van der Waals surface area contributed by atoms with Gasteiger partial charge in [-0.05, 0) is 18.6 Å². The lowest BCUT2D eigenvalue weighted by atomic mass is 10.3. The van der Waals surface area contributed by atoms with Crippen molar-refractivity contribution in [3.63, 3.8) is 0 Å². The van der Waals surface area contributed by atoms with E-state index in [2.05, 4.69) is 11.8 Å². The van der Waals surface area contributed by atoms with Crippen molar-refractivity contribution < 1.29 is 15.0 Å². The van der Waals surface area contributed by atoms with Crippen LogP contribution in [0.25, 0.3) is 0 Å². The fourth-order valence-corrected chi connectivity index (χ4v) is 2.58. The minimum Gasteiger partial charge on any atom is -0.391 e. The second kappa shape index (κ2) is 5.32. The number of β-amino-alcohol motifs (C(OH)–C–C–N with tert-alkyl or cyclic N) is 1. The molecule has 1 aliphatic heterocycles. The van der Waals surface area contributed by atoms with E-state index in [0.29, 0.717) is 24.4 Å². The number of aliphatic hydroxyl groups is 2. The molecule has 90 valence electrons. The van der Waals surface area contributed by atoms with Crippen LogP contribution in [0, 0.1) is 11.8 Å². The van der Waals surface area contributed by atoms with Crippen molar-refractivity contribution in [2.45, 2.75) is 12.5 Å². The van der Waals surface area contributed by atoms with E-state index < -0.39 is 6.10 Å². The zero-order valence-electron chi connectivity index (χ0n) is 9.22. The summed E-state index contributed by atoms with van der Waals surface area (Å²) in [6.45, 7) is 0.837. The van der Waals surface area contributed by atoms with E-state index in [-0.39, 0.29) is 12.5 Å². The van der Waals surface area contributed by atoms with Gasteiger partial charge in [-0.15, -0.1) is 11.3 Å². The summed E-state index contributed by atoms with van der Waals surface area (Å²) in [5, 5.41) is 17.9. The van der Waals surface area contributed by atoms with Gasteiger partial charge in [-0.1, -0.05) is 11.8 Å². The van der Waals surface area contributed by atoms with Crippen LogP contribution in [-0.4, -0.2) is 46.8 Å². The number of thiophene rings is 1. The second-order valence-electron chi connectivity index (χ2n) is 3.82. The Morgan fingerprint density at radius 2 is 2.41 bits per heavy atom. The molecule has 5 heteroatoms. The third-order valence-electron chi connectivity index (χ3n) is 2.56. The van der Waals surface area contributed by atoms with Gasteiger partial charge in [0.2, 0.25) is 0 Å². The molecule has 1 atom stereocenters. The largest absolute Gasteiger partial charge is 0.391 e. The maximum absolute atomic E-state index is 12.0. The zero-order chi connectivity index (χ0) is 12.3. The predicted molar refractivity (Wildman–Crippen MR) is 64.8 cm³/mol. The summed E-state index contributed by atoms with van der Waals surface area (Å²) >= 11 is 1.31. The summed E-state index contributed by atoms with van der Waals surface area (Å²) in [7, 11) is 0. The highest BCUT2D eigenvalue weighted by Gasteiger charge is 2.26. The third-order valence-corrected chi connectivity index (χ3v) is 3.55. The molecular weight excluding hydrogens is 238 g/mol. The van der Waals surface area contributed by atoms with Crippen LogP contribution in [0.3, 0.4) is 0 Å². The quantitative estimate of drug-likeness (QED) is 0.706. The minimum absolute atomic E-state index is 0.0522. The van der Waals surface area contributed by atoms with Crippen molar-refractivity contribution in [2.24, 2.45) is 0 Å². The Bertz CT molecular complexity index is 472. The van der Waals surface area contributed by atoms with Crippen molar-refractivity contribution >= 4 is 17.2 Å². The smallest absolute Gasteiger partial charge is 0.264 e. The highest BCUT2D eigenvalue weighted by atomic mass is 32.1. The average Bonchev–Trinajstić information content (AvgIpc) is 2.94. The van der Waals surface area contributed by atoms with Gasteiger partial charge in [0.15, 0.2) is 0 Å². The van der Waals surface area contributed by atoms with Gasteiger partial charge in [-0.2, -0.15) is 0 Å². The molecule has 0 radical (unpaired) electrons. The summed E-state index contributed by atoms with van der Waals surface area (Å²) in [6.07, 6.45) is 0.251. The van der Waals surface area contributed by atoms with Crippen LogP contribution >= 0.6 is 11.3 Å². The standard InChI is InChI=1S/C12H13NO3S/c14-7-1-2-10-3-4-11(17-10)12(16)13-6-5-9(15)8-13/h3-4,9,14-15H,5-8H2. The van der Waals surface area contributed by atoms with Gasteiger partial charge in [-0.3, -0.25) is 4.79 Å². The molecule has 2 N–H and O–H groups in total. The monoisotopic (exact) mass is 251 g/mol. The molecule has 1 aromatic rings. The number of likely N-dealkylation sites (tertiary alicyclic amines) is 1. The summed E-state index contributed by atoms with van der Waals surface area (Å²) in [6, 6.07) is 3.51. The van der Waals surface area contributed by atoms with E-state index >= 15 is 0 Å². The molecule has 0 aromatic carbocycles. The van der Waals surface area contributed by atoms with E-state index in [1.165, 1.54) is 11.3 Å². The first kappa shape index (κ1) is 12.1. The number of carbonyl (C=O) groups is 1. The molecule has 0 saturated carbocycles. The molecule has 0 aliphatic carbocycles. The SMILES string of the molecule is O=C(c1ccc(C#CCO)s1)N1CCC(O)C1. The fraction of sp³-hybridized carbons (Fsp3) is 0.417. The Hall–Kier alpha value is -1.35. The van der Waals surface area contributed by atoms with Crippen LogP contribution < -0.4 is 0 Å².